The van der Waals surface area contributed by atoms with Gasteiger partial charge in [0.1, 0.15) is 5.76 Å². The van der Waals surface area contributed by atoms with E-state index in [1.54, 1.807) is 36.4 Å². The summed E-state index contributed by atoms with van der Waals surface area (Å²) < 4.78 is 5.68. The van der Waals surface area contributed by atoms with Crippen LogP contribution in [0.25, 0.3) is 5.76 Å². The van der Waals surface area contributed by atoms with Crippen LogP contribution in [-0.4, -0.2) is 29.9 Å². The second-order valence-corrected chi connectivity index (χ2v) is 9.12. The predicted molar refractivity (Wildman–Crippen MR) is 137 cm³/mol. The lowest BCUT2D eigenvalue weighted by Gasteiger charge is -2.26. The fourth-order valence-corrected chi connectivity index (χ4v) is 4.44. The number of rotatable bonds is 5. The van der Waals surface area contributed by atoms with Gasteiger partial charge in [-0.15, -0.1) is 0 Å². The zero-order chi connectivity index (χ0) is 25.3. The fraction of sp³-hybridized carbons (Fsp3) is 0.179. The van der Waals surface area contributed by atoms with Crippen LogP contribution in [0.3, 0.4) is 0 Å². The van der Waals surface area contributed by atoms with Gasteiger partial charge in [0, 0.05) is 15.7 Å². The lowest BCUT2D eigenvalue weighted by molar-refractivity contribution is -0.132. The van der Waals surface area contributed by atoms with Crippen molar-refractivity contribution in [3.05, 3.63) is 105 Å². The zero-order valence-corrected chi connectivity index (χ0v) is 21.1. The molecule has 1 fully saturated rings. The summed E-state index contributed by atoms with van der Waals surface area (Å²) >= 11 is 3.45. The lowest BCUT2D eigenvalue weighted by Crippen LogP contribution is -2.29. The van der Waals surface area contributed by atoms with Crippen LogP contribution in [0.4, 0.5) is 5.69 Å². The van der Waals surface area contributed by atoms with Crippen molar-refractivity contribution in [1.29, 1.82) is 0 Å². The molecule has 1 aliphatic rings. The minimum atomic E-state index is -0.877. The number of aliphatic hydroxyl groups excluding tert-OH is 1. The van der Waals surface area contributed by atoms with E-state index in [1.807, 2.05) is 38.1 Å². The van der Waals surface area contributed by atoms with Gasteiger partial charge in [-0.1, -0.05) is 59.3 Å². The average Bonchev–Trinajstić information content (AvgIpc) is 3.15. The molecule has 0 aromatic heterocycles. The third-order valence-electron chi connectivity index (χ3n) is 6.12. The molecule has 4 rings (SSSR count). The molecule has 1 heterocycles. The first-order valence-corrected chi connectivity index (χ1v) is 11.9. The van der Waals surface area contributed by atoms with E-state index >= 15 is 0 Å². The third kappa shape index (κ3) is 4.51. The minimum Gasteiger partial charge on any atom is -0.507 e. The molecule has 7 heteroatoms. The van der Waals surface area contributed by atoms with Crippen LogP contribution in [0.5, 0.6) is 0 Å². The molecule has 35 heavy (non-hydrogen) atoms. The number of esters is 1. The number of hydrogen-bond donors (Lipinski definition) is 1. The number of carbonyl (C=O) groups excluding carboxylic acids is 3. The number of benzene rings is 3. The molecule has 3 aromatic rings. The summed E-state index contributed by atoms with van der Waals surface area (Å²) in [5.41, 5.74) is 3.66. The standard InChI is InChI=1S/C28H24BrNO5/c1-4-17-8-10-18(11-9-17)24-23(25(31)19-12-13-22(29)16(2)14-19)26(32)27(33)30(24)21-7-5-6-20(15-21)28(34)35-3/h5-15,24,31H,4H2,1-3H3/b25-23+. The van der Waals surface area contributed by atoms with Crippen LogP contribution < -0.4 is 4.90 Å². The maximum atomic E-state index is 13.3. The Kier molecular flexibility index (Phi) is 6.89. The van der Waals surface area contributed by atoms with E-state index in [0.29, 0.717) is 16.8 Å². The fourth-order valence-electron chi connectivity index (χ4n) is 4.20. The van der Waals surface area contributed by atoms with E-state index in [1.165, 1.54) is 18.1 Å². The molecule has 1 atom stereocenters. The Morgan fingerprint density at radius 1 is 1.03 bits per heavy atom. The first kappa shape index (κ1) is 24.4. The Morgan fingerprint density at radius 3 is 2.37 bits per heavy atom. The molecular formula is C28H24BrNO5. The highest BCUT2D eigenvalue weighted by molar-refractivity contribution is 9.10. The van der Waals surface area contributed by atoms with Crippen LogP contribution in [-0.2, 0) is 20.7 Å². The number of anilines is 1. The number of nitrogens with zero attached hydrogens (tertiary/aromatic N) is 1. The molecule has 1 N–H and O–H groups in total. The van der Waals surface area contributed by atoms with Crippen molar-refractivity contribution < 1.29 is 24.2 Å². The van der Waals surface area contributed by atoms with Gasteiger partial charge in [-0.05, 0) is 60.4 Å². The van der Waals surface area contributed by atoms with Crippen molar-refractivity contribution in [1.82, 2.24) is 0 Å². The molecule has 1 unspecified atom stereocenters. The summed E-state index contributed by atoms with van der Waals surface area (Å²) in [6.45, 7) is 3.91. The van der Waals surface area contributed by atoms with Gasteiger partial charge in [0.15, 0.2) is 0 Å². The smallest absolute Gasteiger partial charge is 0.337 e. The van der Waals surface area contributed by atoms with E-state index < -0.39 is 23.7 Å². The van der Waals surface area contributed by atoms with Gasteiger partial charge in [-0.2, -0.15) is 0 Å². The van der Waals surface area contributed by atoms with E-state index in [0.717, 1.165) is 22.0 Å². The molecule has 0 bridgehead atoms. The normalized spacial score (nSPS) is 17.0. The van der Waals surface area contributed by atoms with Crippen LogP contribution in [0, 0.1) is 6.92 Å². The number of methoxy groups -OCH3 is 1. The molecule has 1 amide bonds. The Hall–Kier alpha value is -3.71. The quantitative estimate of drug-likeness (QED) is 0.196. The number of amides is 1. The van der Waals surface area contributed by atoms with Crippen molar-refractivity contribution in [2.75, 3.05) is 12.0 Å². The number of halogens is 1. The Morgan fingerprint density at radius 2 is 1.74 bits per heavy atom. The zero-order valence-electron chi connectivity index (χ0n) is 19.5. The maximum absolute atomic E-state index is 13.3. The van der Waals surface area contributed by atoms with E-state index in [9.17, 15) is 19.5 Å². The summed E-state index contributed by atoms with van der Waals surface area (Å²) in [5, 5.41) is 11.3. The molecule has 1 aliphatic heterocycles. The van der Waals surface area contributed by atoms with Gasteiger partial charge in [0.05, 0.1) is 24.3 Å². The summed E-state index contributed by atoms with van der Waals surface area (Å²) in [6.07, 6.45) is 0.833. The molecule has 1 saturated heterocycles. The van der Waals surface area contributed by atoms with Gasteiger partial charge < -0.3 is 9.84 Å². The number of ether oxygens (including phenoxy) is 1. The highest BCUT2D eigenvalue weighted by atomic mass is 79.9. The highest BCUT2D eigenvalue weighted by Gasteiger charge is 2.47. The van der Waals surface area contributed by atoms with Crippen molar-refractivity contribution >= 4 is 45.0 Å². The van der Waals surface area contributed by atoms with Gasteiger partial charge in [0.25, 0.3) is 11.7 Å². The van der Waals surface area contributed by atoms with Crippen molar-refractivity contribution in [2.45, 2.75) is 26.3 Å². The van der Waals surface area contributed by atoms with Crippen molar-refractivity contribution in [3.63, 3.8) is 0 Å². The second-order valence-electron chi connectivity index (χ2n) is 8.27. The minimum absolute atomic E-state index is 0.00978. The van der Waals surface area contributed by atoms with Gasteiger partial charge in [0.2, 0.25) is 0 Å². The van der Waals surface area contributed by atoms with E-state index in [2.05, 4.69) is 15.9 Å². The predicted octanol–water partition coefficient (Wildman–Crippen LogP) is 5.73. The van der Waals surface area contributed by atoms with Crippen molar-refractivity contribution in [2.24, 2.45) is 0 Å². The van der Waals surface area contributed by atoms with E-state index in [-0.39, 0.29) is 16.9 Å². The second kappa shape index (κ2) is 9.88. The highest BCUT2D eigenvalue weighted by Crippen LogP contribution is 2.42. The average molecular weight is 534 g/mol. The van der Waals surface area contributed by atoms with E-state index in [4.69, 9.17) is 4.74 Å². The number of aryl methyl sites for hydroxylation is 2. The maximum Gasteiger partial charge on any atom is 0.337 e. The SMILES string of the molecule is CCc1ccc(C2/C(=C(\O)c3ccc(Br)c(C)c3)C(=O)C(=O)N2c2cccc(C(=O)OC)c2)cc1. The number of carbonyl (C=O) groups is 3. The number of Topliss-reactive ketones (excluding diaryl/α,β-unsaturated/α-hetero) is 1. The van der Waals surface area contributed by atoms with Gasteiger partial charge in [-0.25, -0.2) is 4.79 Å². The molecule has 0 aliphatic carbocycles. The van der Waals surface area contributed by atoms with Crippen LogP contribution in [0.15, 0.2) is 76.8 Å². The molecule has 0 saturated carbocycles. The molecule has 6 nitrogen and oxygen atoms in total. The Labute approximate surface area is 212 Å². The molecule has 0 radical (unpaired) electrons. The first-order chi connectivity index (χ1) is 16.8. The third-order valence-corrected chi connectivity index (χ3v) is 7.01. The first-order valence-electron chi connectivity index (χ1n) is 11.1. The Balaban J connectivity index is 1.94. The van der Waals surface area contributed by atoms with Gasteiger partial charge in [-0.3, -0.25) is 14.5 Å². The van der Waals surface area contributed by atoms with Crippen LogP contribution in [0.1, 0.15) is 45.6 Å². The summed E-state index contributed by atoms with van der Waals surface area (Å²) in [5.74, 6) is -2.39. The summed E-state index contributed by atoms with van der Waals surface area (Å²) in [6, 6.07) is 18.3. The van der Waals surface area contributed by atoms with Crippen LogP contribution >= 0.6 is 15.9 Å². The van der Waals surface area contributed by atoms with Crippen LogP contribution in [0.2, 0.25) is 0 Å². The number of aliphatic hydroxyl groups is 1. The largest absolute Gasteiger partial charge is 0.507 e. The Bertz CT molecular complexity index is 1360. The molecule has 0 spiro atoms. The lowest BCUT2D eigenvalue weighted by atomic mass is 9.94. The summed E-state index contributed by atoms with van der Waals surface area (Å²) in [4.78, 5) is 40.1. The molecular weight excluding hydrogens is 510 g/mol. The summed E-state index contributed by atoms with van der Waals surface area (Å²) in [7, 11) is 1.27. The topological polar surface area (TPSA) is 83.9 Å². The van der Waals surface area contributed by atoms with Crippen molar-refractivity contribution in [3.8, 4) is 0 Å². The number of ketones is 1. The molecule has 178 valence electrons. The number of hydrogen-bond acceptors (Lipinski definition) is 5. The molecule has 3 aromatic carbocycles. The van der Waals surface area contributed by atoms with Gasteiger partial charge >= 0.3 is 5.97 Å². The monoisotopic (exact) mass is 533 g/mol.